The van der Waals surface area contributed by atoms with Gasteiger partial charge in [0, 0.05) is 18.0 Å². The topological polar surface area (TPSA) is 55.8 Å². The minimum atomic E-state index is -0.554. The van der Waals surface area contributed by atoms with E-state index in [1.165, 1.54) is 7.11 Å². The number of hydrogen-bond acceptors (Lipinski definition) is 4. The molecule has 122 valence electrons. The number of hydrogen-bond donors (Lipinski definition) is 1. The van der Waals surface area contributed by atoms with Gasteiger partial charge in [0.2, 0.25) is 0 Å². The van der Waals surface area contributed by atoms with Crippen molar-refractivity contribution in [3.8, 4) is 16.9 Å². The van der Waals surface area contributed by atoms with Crippen molar-refractivity contribution in [2.45, 2.75) is 13.0 Å². The molecule has 0 atom stereocenters. The summed E-state index contributed by atoms with van der Waals surface area (Å²) in [7, 11) is 2.91. The van der Waals surface area contributed by atoms with Gasteiger partial charge in [-0.3, -0.25) is 0 Å². The second-order valence-electron chi connectivity index (χ2n) is 5.01. The van der Waals surface area contributed by atoms with Crippen molar-refractivity contribution in [2.75, 3.05) is 19.5 Å². The van der Waals surface area contributed by atoms with Gasteiger partial charge in [-0.05, 0) is 29.2 Å². The van der Waals surface area contributed by atoms with Gasteiger partial charge in [0.25, 0.3) is 0 Å². The van der Waals surface area contributed by atoms with Crippen molar-refractivity contribution in [3.05, 3.63) is 53.1 Å². The minimum absolute atomic E-state index is 0.0962. The molecule has 0 heterocycles. The highest BCUT2D eigenvalue weighted by Gasteiger charge is 2.24. The standard InChI is InChI=1S/C18H19BrO4/c1-22-11-13-10-15(20)17(18(21)23-2)16(14(13)8-9-19)12-6-4-3-5-7-12/h3-7,10,20H,8-9,11H2,1-2H3. The van der Waals surface area contributed by atoms with Crippen LogP contribution < -0.4 is 0 Å². The monoisotopic (exact) mass is 378 g/mol. The van der Waals surface area contributed by atoms with Gasteiger partial charge in [0.05, 0.1) is 13.7 Å². The second-order valence-corrected chi connectivity index (χ2v) is 5.81. The zero-order chi connectivity index (χ0) is 16.8. The lowest BCUT2D eigenvalue weighted by atomic mass is 9.89. The average Bonchev–Trinajstić information content (AvgIpc) is 2.57. The van der Waals surface area contributed by atoms with Crippen molar-refractivity contribution in [1.29, 1.82) is 0 Å². The molecule has 0 bridgehead atoms. The number of phenols is 1. The first-order valence-electron chi connectivity index (χ1n) is 7.20. The van der Waals surface area contributed by atoms with Crippen LogP contribution in [0.4, 0.5) is 0 Å². The second kappa shape index (κ2) is 8.13. The maximum absolute atomic E-state index is 12.2. The molecule has 2 aromatic carbocycles. The first-order valence-corrected chi connectivity index (χ1v) is 8.32. The molecule has 0 saturated carbocycles. The number of carbonyl (C=O) groups excluding carboxylic acids is 1. The molecule has 0 aromatic heterocycles. The molecule has 0 aliphatic carbocycles. The zero-order valence-electron chi connectivity index (χ0n) is 13.1. The summed E-state index contributed by atoms with van der Waals surface area (Å²) in [5.41, 5.74) is 3.57. The quantitative estimate of drug-likeness (QED) is 0.611. The Bertz CT molecular complexity index is 683. The Morgan fingerprint density at radius 3 is 2.48 bits per heavy atom. The van der Waals surface area contributed by atoms with Crippen LogP contribution in [0.1, 0.15) is 21.5 Å². The van der Waals surface area contributed by atoms with Crippen LogP contribution in [0.25, 0.3) is 11.1 Å². The SMILES string of the molecule is COCc1cc(O)c(C(=O)OC)c(-c2ccccc2)c1CCBr. The summed E-state index contributed by atoms with van der Waals surface area (Å²) >= 11 is 3.46. The third-order valence-electron chi connectivity index (χ3n) is 3.60. The number of carbonyl (C=O) groups is 1. The summed E-state index contributed by atoms with van der Waals surface area (Å²) < 4.78 is 10.1. The number of esters is 1. The van der Waals surface area contributed by atoms with Gasteiger partial charge in [-0.1, -0.05) is 46.3 Å². The molecule has 0 aliphatic heterocycles. The molecule has 0 aliphatic rings. The molecule has 0 saturated heterocycles. The summed E-state index contributed by atoms with van der Waals surface area (Å²) in [4.78, 5) is 12.2. The Labute approximate surface area is 144 Å². The summed E-state index contributed by atoms with van der Waals surface area (Å²) in [6.07, 6.45) is 0.702. The van der Waals surface area contributed by atoms with Crippen molar-refractivity contribution in [1.82, 2.24) is 0 Å². The van der Waals surface area contributed by atoms with E-state index in [1.54, 1.807) is 13.2 Å². The number of aromatic hydroxyl groups is 1. The van der Waals surface area contributed by atoms with Gasteiger partial charge in [-0.25, -0.2) is 4.79 Å². The largest absolute Gasteiger partial charge is 0.507 e. The molecular weight excluding hydrogens is 360 g/mol. The highest BCUT2D eigenvalue weighted by atomic mass is 79.9. The van der Waals surface area contributed by atoms with Gasteiger partial charge in [0.1, 0.15) is 11.3 Å². The molecule has 2 rings (SSSR count). The first-order chi connectivity index (χ1) is 11.1. The molecule has 1 N–H and O–H groups in total. The lowest BCUT2D eigenvalue weighted by molar-refractivity contribution is 0.0598. The van der Waals surface area contributed by atoms with Crippen LogP contribution in [-0.2, 0) is 22.5 Å². The van der Waals surface area contributed by atoms with E-state index in [-0.39, 0.29) is 11.3 Å². The lowest BCUT2D eigenvalue weighted by Gasteiger charge is -2.19. The Morgan fingerprint density at radius 2 is 1.91 bits per heavy atom. The fraction of sp³-hybridized carbons (Fsp3) is 0.278. The fourth-order valence-corrected chi connectivity index (χ4v) is 3.06. The normalized spacial score (nSPS) is 10.6. The average molecular weight is 379 g/mol. The summed E-state index contributed by atoms with van der Waals surface area (Å²) in [6, 6.07) is 11.1. The van der Waals surface area contributed by atoms with Crippen molar-refractivity contribution < 1.29 is 19.4 Å². The molecule has 0 fully saturated rings. The molecule has 0 radical (unpaired) electrons. The van der Waals surface area contributed by atoms with Gasteiger partial charge in [-0.2, -0.15) is 0 Å². The summed E-state index contributed by atoms with van der Waals surface area (Å²) in [5, 5.41) is 11.1. The van der Waals surface area contributed by atoms with E-state index < -0.39 is 5.97 Å². The van der Waals surface area contributed by atoms with E-state index in [0.29, 0.717) is 18.6 Å². The third kappa shape index (κ3) is 3.74. The maximum Gasteiger partial charge on any atom is 0.342 e. The van der Waals surface area contributed by atoms with Gasteiger partial charge < -0.3 is 14.6 Å². The maximum atomic E-state index is 12.2. The van der Waals surface area contributed by atoms with Crippen molar-refractivity contribution in [2.24, 2.45) is 0 Å². The van der Waals surface area contributed by atoms with E-state index >= 15 is 0 Å². The number of methoxy groups -OCH3 is 2. The van der Waals surface area contributed by atoms with Crippen molar-refractivity contribution >= 4 is 21.9 Å². The number of alkyl halides is 1. The Hall–Kier alpha value is -1.85. The number of benzene rings is 2. The Morgan fingerprint density at radius 1 is 1.22 bits per heavy atom. The number of rotatable bonds is 6. The molecular formula is C18H19BrO4. The molecule has 0 unspecified atom stereocenters. The van der Waals surface area contributed by atoms with E-state index in [4.69, 9.17) is 9.47 Å². The van der Waals surface area contributed by atoms with Crippen LogP contribution in [0.5, 0.6) is 5.75 Å². The minimum Gasteiger partial charge on any atom is -0.507 e. The van der Waals surface area contributed by atoms with E-state index in [0.717, 1.165) is 22.0 Å². The highest BCUT2D eigenvalue weighted by molar-refractivity contribution is 9.09. The van der Waals surface area contributed by atoms with E-state index in [2.05, 4.69) is 15.9 Å². The van der Waals surface area contributed by atoms with Gasteiger partial charge >= 0.3 is 5.97 Å². The molecule has 2 aromatic rings. The van der Waals surface area contributed by atoms with Crippen LogP contribution in [0.3, 0.4) is 0 Å². The Kier molecular flexibility index (Phi) is 6.19. The Balaban J connectivity index is 2.82. The van der Waals surface area contributed by atoms with E-state index in [1.807, 2.05) is 30.3 Å². The zero-order valence-corrected chi connectivity index (χ0v) is 14.7. The number of phenolic OH excluding ortho intramolecular Hbond substituents is 1. The smallest absolute Gasteiger partial charge is 0.342 e. The van der Waals surface area contributed by atoms with E-state index in [9.17, 15) is 9.90 Å². The molecule has 23 heavy (non-hydrogen) atoms. The van der Waals surface area contributed by atoms with Crippen molar-refractivity contribution in [3.63, 3.8) is 0 Å². The van der Waals surface area contributed by atoms with Gasteiger partial charge in [0.15, 0.2) is 0 Å². The molecule has 0 spiro atoms. The number of halogens is 1. The lowest BCUT2D eigenvalue weighted by Crippen LogP contribution is -2.10. The summed E-state index contributed by atoms with van der Waals surface area (Å²) in [5.74, 6) is -0.651. The van der Waals surface area contributed by atoms with Gasteiger partial charge in [-0.15, -0.1) is 0 Å². The molecule has 5 heteroatoms. The van der Waals surface area contributed by atoms with Crippen LogP contribution >= 0.6 is 15.9 Å². The first kappa shape index (κ1) is 17.5. The van der Waals surface area contributed by atoms with Crippen LogP contribution in [0.15, 0.2) is 36.4 Å². The predicted molar refractivity (Wildman–Crippen MR) is 93.1 cm³/mol. The number of ether oxygens (including phenoxy) is 2. The van der Waals surface area contributed by atoms with Crippen LogP contribution in [0.2, 0.25) is 0 Å². The fourth-order valence-electron chi connectivity index (χ4n) is 2.66. The predicted octanol–water partition coefficient (Wildman–Crippen LogP) is 3.93. The van der Waals surface area contributed by atoms with Crippen LogP contribution in [0, 0.1) is 0 Å². The third-order valence-corrected chi connectivity index (χ3v) is 4.00. The van der Waals surface area contributed by atoms with Crippen LogP contribution in [-0.4, -0.2) is 30.6 Å². The molecule has 4 nitrogen and oxygen atoms in total. The molecule has 0 amide bonds. The highest BCUT2D eigenvalue weighted by Crippen LogP contribution is 2.37. The summed E-state index contributed by atoms with van der Waals surface area (Å²) in [6.45, 7) is 0.358.